The molecule has 0 aliphatic carbocycles. The van der Waals surface area contributed by atoms with Crippen molar-refractivity contribution in [3.63, 3.8) is 0 Å². The lowest BCUT2D eigenvalue weighted by Gasteiger charge is -2.33. The van der Waals surface area contributed by atoms with Gasteiger partial charge in [0.15, 0.2) is 5.82 Å². The van der Waals surface area contributed by atoms with Crippen LogP contribution >= 0.6 is 0 Å². The number of benzene rings is 3. The minimum Gasteiger partial charge on any atom is -0.489 e. The van der Waals surface area contributed by atoms with Crippen LogP contribution in [0.1, 0.15) is 29.8 Å². The maximum absolute atomic E-state index is 14.8. The highest BCUT2D eigenvalue weighted by molar-refractivity contribution is 5.54. The van der Waals surface area contributed by atoms with E-state index in [0.29, 0.717) is 17.9 Å². The van der Waals surface area contributed by atoms with Crippen LogP contribution in [0.2, 0.25) is 0 Å². The van der Waals surface area contributed by atoms with Crippen molar-refractivity contribution in [3.05, 3.63) is 114 Å². The molecular weight excluding hydrogens is 480 g/mol. The van der Waals surface area contributed by atoms with Crippen LogP contribution in [0.25, 0.3) is 11.5 Å². The summed E-state index contributed by atoms with van der Waals surface area (Å²) in [5, 5.41) is 19.8. The molecule has 3 aromatic carbocycles. The van der Waals surface area contributed by atoms with Crippen molar-refractivity contribution in [1.29, 1.82) is 0 Å². The normalized spacial score (nSPS) is 13.7. The summed E-state index contributed by atoms with van der Waals surface area (Å²) in [6.45, 7) is 1.90. The third-order valence-corrected chi connectivity index (χ3v) is 6.16. The molecule has 10 heteroatoms. The quantitative estimate of drug-likeness (QED) is 0.306. The number of rotatable bonds is 9. The first-order chi connectivity index (χ1) is 17.9. The summed E-state index contributed by atoms with van der Waals surface area (Å²) in [5.74, 6) is -1.47. The van der Waals surface area contributed by atoms with E-state index in [2.05, 4.69) is 20.2 Å². The van der Waals surface area contributed by atoms with Gasteiger partial charge in [-0.25, -0.2) is 18.4 Å². The highest BCUT2D eigenvalue weighted by Gasteiger charge is 2.42. The summed E-state index contributed by atoms with van der Waals surface area (Å²) >= 11 is 0. The molecule has 2 atom stereocenters. The average Bonchev–Trinajstić information content (AvgIpc) is 3.60. The molecule has 0 bridgehead atoms. The third kappa shape index (κ3) is 5.24. The molecule has 188 valence electrons. The zero-order chi connectivity index (χ0) is 25.8. The SMILES string of the molecule is C[C@H](c1noc(-c2ccc(OCc3ccccc3)cc2)n1)[C@](O)(Cn1cncn1)c1ccc(F)cc1F. The van der Waals surface area contributed by atoms with Gasteiger partial charge >= 0.3 is 0 Å². The fraction of sp³-hybridized carbons (Fsp3) is 0.185. The zero-order valence-corrected chi connectivity index (χ0v) is 19.8. The molecular formula is C27H23F2N5O3. The van der Waals surface area contributed by atoms with Gasteiger partial charge in [-0.1, -0.05) is 48.5 Å². The van der Waals surface area contributed by atoms with Crippen LogP contribution in [-0.2, 0) is 18.8 Å². The maximum Gasteiger partial charge on any atom is 0.257 e. The van der Waals surface area contributed by atoms with Crippen molar-refractivity contribution in [3.8, 4) is 17.2 Å². The summed E-state index contributed by atoms with van der Waals surface area (Å²) in [6.07, 6.45) is 2.69. The van der Waals surface area contributed by atoms with Crippen LogP contribution in [0.3, 0.4) is 0 Å². The Morgan fingerprint density at radius 1 is 1.05 bits per heavy atom. The number of aromatic nitrogens is 5. The molecule has 2 heterocycles. The molecule has 1 N–H and O–H groups in total. The van der Waals surface area contributed by atoms with Crippen LogP contribution in [0.4, 0.5) is 8.78 Å². The van der Waals surface area contributed by atoms with Gasteiger partial charge in [-0.3, -0.25) is 0 Å². The Hall–Kier alpha value is -4.44. The summed E-state index contributed by atoms with van der Waals surface area (Å²) in [7, 11) is 0. The average molecular weight is 504 g/mol. The standard InChI is InChI=1S/C27H23F2N5O3/c1-18(27(35,15-34-17-30-16-31-34)23-12-9-21(28)13-24(23)29)25-32-26(37-33-25)20-7-10-22(11-8-20)36-14-19-5-3-2-4-6-19/h2-13,16-18,35H,14-15H2,1H3/t18-,27-/m1/s1. The molecule has 0 spiro atoms. The fourth-order valence-electron chi connectivity index (χ4n) is 4.03. The third-order valence-electron chi connectivity index (χ3n) is 6.16. The molecule has 0 aliphatic rings. The summed E-state index contributed by atoms with van der Waals surface area (Å²) in [6, 6.07) is 20.0. The van der Waals surface area contributed by atoms with Crippen LogP contribution in [0.5, 0.6) is 5.75 Å². The Bertz CT molecular complexity index is 1460. The van der Waals surface area contributed by atoms with Crippen molar-refractivity contribution < 1.29 is 23.1 Å². The van der Waals surface area contributed by atoms with E-state index in [1.807, 2.05) is 30.3 Å². The molecule has 2 aromatic heterocycles. The van der Waals surface area contributed by atoms with Gasteiger partial charge in [-0.15, -0.1) is 0 Å². The van der Waals surface area contributed by atoms with Gasteiger partial charge in [0.1, 0.15) is 42.2 Å². The first-order valence-electron chi connectivity index (χ1n) is 11.5. The predicted octanol–water partition coefficient (Wildman–Crippen LogP) is 4.88. The predicted molar refractivity (Wildman–Crippen MR) is 129 cm³/mol. The van der Waals surface area contributed by atoms with Crippen molar-refractivity contribution in [1.82, 2.24) is 24.9 Å². The van der Waals surface area contributed by atoms with Gasteiger partial charge < -0.3 is 14.4 Å². The molecule has 0 aliphatic heterocycles. The lowest BCUT2D eigenvalue weighted by atomic mass is 9.81. The van der Waals surface area contributed by atoms with E-state index in [1.165, 1.54) is 23.4 Å². The van der Waals surface area contributed by atoms with Gasteiger partial charge in [0.05, 0.1) is 12.5 Å². The number of halogens is 2. The molecule has 37 heavy (non-hydrogen) atoms. The molecule has 0 fully saturated rings. The van der Waals surface area contributed by atoms with Crippen LogP contribution in [0, 0.1) is 11.6 Å². The minimum atomic E-state index is -1.89. The Kier molecular flexibility index (Phi) is 6.74. The van der Waals surface area contributed by atoms with Gasteiger partial charge in [-0.2, -0.15) is 10.1 Å². The molecule has 0 saturated carbocycles. The van der Waals surface area contributed by atoms with E-state index < -0.39 is 23.2 Å². The van der Waals surface area contributed by atoms with E-state index in [4.69, 9.17) is 9.26 Å². The summed E-state index contributed by atoms with van der Waals surface area (Å²) in [5.41, 5.74) is -0.311. The lowest BCUT2D eigenvalue weighted by Crippen LogP contribution is -2.38. The Balaban J connectivity index is 1.38. The first-order valence-corrected chi connectivity index (χ1v) is 11.5. The fourth-order valence-corrected chi connectivity index (χ4v) is 4.03. The van der Waals surface area contributed by atoms with E-state index >= 15 is 0 Å². The smallest absolute Gasteiger partial charge is 0.257 e. The molecule has 8 nitrogen and oxygen atoms in total. The number of nitrogens with zero attached hydrogens (tertiary/aromatic N) is 5. The molecule has 0 saturated heterocycles. The van der Waals surface area contributed by atoms with Gasteiger partial charge in [0, 0.05) is 17.2 Å². The summed E-state index contributed by atoms with van der Waals surface area (Å²) < 4.78 is 41.0. The molecule has 5 aromatic rings. The monoisotopic (exact) mass is 503 g/mol. The Labute approximate surface area is 211 Å². The molecule has 0 radical (unpaired) electrons. The van der Waals surface area contributed by atoms with E-state index in [9.17, 15) is 13.9 Å². The molecule has 0 unspecified atom stereocenters. The topological polar surface area (TPSA) is 99.1 Å². The second-order valence-electron chi connectivity index (χ2n) is 8.62. The number of ether oxygens (including phenoxy) is 1. The molecule has 0 amide bonds. The zero-order valence-electron chi connectivity index (χ0n) is 19.8. The first kappa shape index (κ1) is 24.3. The van der Waals surface area contributed by atoms with Crippen molar-refractivity contribution in [2.24, 2.45) is 0 Å². The van der Waals surface area contributed by atoms with E-state index in [-0.39, 0.29) is 23.8 Å². The Morgan fingerprint density at radius 3 is 2.54 bits per heavy atom. The van der Waals surface area contributed by atoms with Gasteiger partial charge in [-0.05, 0) is 35.9 Å². The van der Waals surface area contributed by atoms with Crippen molar-refractivity contribution in [2.75, 3.05) is 0 Å². The maximum atomic E-state index is 14.8. The van der Waals surface area contributed by atoms with Gasteiger partial charge in [0.25, 0.3) is 5.89 Å². The van der Waals surface area contributed by atoms with Crippen LogP contribution in [0.15, 0.2) is 90.0 Å². The highest BCUT2D eigenvalue weighted by atomic mass is 19.1. The Morgan fingerprint density at radius 2 is 1.84 bits per heavy atom. The minimum absolute atomic E-state index is 0.122. The number of hydrogen-bond acceptors (Lipinski definition) is 7. The van der Waals surface area contributed by atoms with Gasteiger partial charge in [0.2, 0.25) is 0 Å². The second kappa shape index (κ2) is 10.3. The van der Waals surface area contributed by atoms with Crippen molar-refractivity contribution >= 4 is 0 Å². The van der Waals surface area contributed by atoms with E-state index in [1.54, 1.807) is 31.2 Å². The van der Waals surface area contributed by atoms with Crippen LogP contribution in [-0.4, -0.2) is 30.0 Å². The van der Waals surface area contributed by atoms with Crippen molar-refractivity contribution in [2.45, 2.75) is 31.6 Å². The highest BCUT2D eigenvalue weighted by Crippen LogP contribution is 2.39. The number of hydrogen-bond donors (Lipinski definition) is 1. The molecule has 5 rings (SSSR count). The lowest BCUT2D eigenvalue weighted by molar-refractivity contribution is -0.0140. The largest absolute Gasteiger partial charge is 0.489 e. The second-order valence-corrected chi connectivity index (χ2v) is 8.62. The summed E-state index contributed by atoms with van der Waals surface area (Å²) in [4.78, 5) is 8.33. The van der Waals surface area contributed by atoms with Crippen LogP contribution < -0.4 is 4.74 Å². The number of aliphatic hydroxyl groups is 1. The van der Waals surface area contributed by atoms with E-state index in [0.717, 1.165) is 17.7 Å².